The van der Waals surface area contributed by atoms with Crippen LogP contribution in [0.4, 0.5) is 17.3 Å². The van der Waals surface area contributed by atoms with Crippen LogP contribution < -0.4 is 16.0 Å². The van der Waals surface area contributed by atoms with Crippen LogP contribution in [0.2, 0.25) is 0 Å². The standard InChI is InChI=1S/C19H30IN5O/c20-19-23-17(21)16-18(24-19)25(13-15(26)22-16)12-14-10-8-6-4-2-1-3-5-7-9-11-14/h14H,1-13H2,(H,22,26)(H2,21,23,24). The van der Waals surface area contributed by atoms with Crippen molar-refractivity contribution in [3.8, 4) is 0 Å². The lowest BCUT2D eigenvalue weighted by Crippen LogP contribution is -2.42. The van der Waals surface area contributed by atoms with Crippen LogP contribution >= 0.6 is 22.6 Å². The number of anilines is 3. The first kappa shape index (κ1) is 19.6. The van der Waals surface area contributed by atoms with E-state index in [1.165, 1.54) is 70.6 Å². The third kappa shape index (κ3) is 5.44. The Labute approximate surface area is 169 Å². The molecule has 0 bridgehead atoms. The molecule has 6 nitrogen and oxygen atoms in total. The Kier molecular flexibility index (Phi) is 7.33. The minimum atomic E-state index is -0.0258. The average molecular weight is 471 g/mol. The first-order valence-electron chi connectivity index (χ1n) is 10.0. The Morgan fingerprint density at radius 2 is 1.58 bits per heavy atom. The maximum Gasteiger partial charge on any atom is 0.244 e. The number of hydrogen-bond acceptors (Lipinski definition) is 5. The van der Waals surface area contributed by atoms with E-state index in [2.05, 4.69) is 42.8 Å². The minimum Gasteiger partial charge on any atom is -0.382 e. The average Bonchev–Trinajstić information content (AvgIpc) is 2.58. The predicted molar refractivity (Wildman–Crippen MR) is 114 cm³/mol. The van der Waals surface area contributed by atoms with E-state index in [-0.39, 0.29) is 5.91 Å². The molecule has 0 radical (unpaired) electrons. The number of nitrogens with two attached hydrogens (primary N) is 1. The van der Waals surface area contributed by atoms with E-state index < -0.39 is 0 Å². The van der Waals surface area contributed by atoms with Gasteiger partial charge in [-0.15, -0.1) is 0 Å². The zero-order valence-electron chi connectivity index (χ0n) is 15.5. The molecular weight excluding hydrogens is 441 g/mol. The lowest BCUT2D eigenvalue weighted by atomic mass is 9.92. The van der Waals surface area contributed by atoms with Gasteiger partial charge in [-0.2, -0.15) is 0 Å². The van der Waals surface area contributed by atoms with Crippen LogP contribution in [0, 0.1) is 9.75 Å². The molecule has 1 fully saturated rings. The number of nitrogens with one attached hydrogen (secondary N) is 1. The summed E-state index contributed by atoms with van der Waals surface area (Å²) in [5, 5.41) is 2.84. The lowest BCUT2D eigenvalue weighted by Gasteiger charge is -2.33. The molecule has 1 aromatic rings. The van der Waals surface area contributed by atoms with Gasteiger partial charge in [-0.05, 0) is 18.8 Å². The summed E-state index contributed by atoms with van der Waals surface area (Å²) in [7, 11) is 0. The molecule has 1 saturated carbocycles. The smallest absolute Gasteiger partial charge is 0.244 e. The summed E-state index contributed by atoms with van der Waals surface area (Å²) in [5.41, 5.74) is 6.60. The fraction of sp³-hybridized carbons (Fsp3) is 0.737. The third-order valence-corrected chi connectivity index (χ3v) is 5.97. The molecule has 2 heterocycles. The summed E-state index contributed by atoms with van der Waals surface area (Å²) in [5.74, 6) is 1.73. The number of fused-ring (bicyclic) bond motifs is 1. The molecule has 0 spiro atoms. The third-order valence-electron chi connectivity index (χ3n) is 5.49. The van der Waals surface area contributed by atoms with Crippen molar-refractivity contribution in [3.05, 3.63) is 3.83 Å². The van der Waals surface area contributed by atoms with E-state index in [9.17, 15) is 4.79 Å². The Balaban J connectivity index is 1.70. The van der Waals surface area contributed by atoms with Crippen molar-refractivity contribution < 1.29 is 4.79 Å². The lowest BCUT2D eigenvalue weighted by molar-refractivity contribution is -0.115. The quantitative estimate of drug-likeness (QED) is 0.495. The number of nitrogens with zero attached hydrogens (tertiary/aromatic N) is 3. The zero-order valence-corrected chi connectivity index (χ0v) is 17.6. The monoisotopic (exact) mass is 471 g/mol. The van der Waals surface area contributed by atoms with Crippen LogP contribution in [0.5, 0.6) is 0 Å². The molecule has 3 N–H and O–H groups in total. The second kappa shape index (κ2) is 9.71. The topological polar surface area (TPSA) is 84.1 Å². The molecule has 0 saturated heterocycles. The van der Waals surface area contributed by atoms with Gasteiger partial charge >= 0.3 is 0 Å². The molecule has 0 aromatic carbocycles. The van der Waals surface area contributed by atoms with Gasteiger partial charge in [0, 0.05) is 29.1 Å². The molecule has 2 aliphatic rings. The first-order valence-corrected chi connectivity index (χ1v) is 11.1. The molecule has 0 unspecified atom stereocenters. The summed E-state index contributed by atoms with van der Waals surface area (Å²) >= 11 is 2.08. The van der Waals surface area contributed by atoms with Crippen LogP contribution in [-0.4, -0.2) is 29.0 Å². The van der Waals surface area contributed by atoms with Crippen LogP contribution in [0.25, 0.3) is 0 Å². The van der Waals surface area contributed by atoms with Gasteiger partial charge in [-0.25, -0.2) is 9.97 Å². The van der Waals surface area contributed by atoms with Gasteiger partial charge in [0.15, 0.2) is 15.5 Å². The Morgan fingerprint density at radius 1 is 1.00 bits per heavy atom. The minimum absolute atomic E-state index is 0.0258. The van der Waals surface area contributed by atoms with Gasteiger partial charge in [-0.3, -0.25) is 4.79 Å². The maximum absolute atomic E-state index is 12.2. The fourth-order valence-corrected chi connectivity index (χ4v) is 4.60. The van der Waals surface area contributed by atoms with Crippen LogP contribution in [0.1, 0.15) is 70.6 Å². The molecule has 7 heteroatoms. The SMILES string of the molecule is Nc1nc(I)nc2c1NC(=O)CN2CC1CCCCCCCCCCC1. The number of carbonyl (C=O) groups is 1. The summed E-state index contributed by atoms with van der Waals surface area (Å²) < 4.78 is 0.624. The molecular formula is C19H30IN5O. The largest absolute Gasteiger partial charge is 0.382 e. The van der Waals surface area contributed by atoms with Crippen molar-refractivity contribution in [3.63, 3.8) is 0 Å². The van der Waals surface area contributed by atoms with Gasteiger partial charge in [0.2, 0.25) is 5.91 Å². The molecule has 1 amide bonds. The maximum atomic E-state index is 12.2. The molecule has 0 atom stereocenters. The highest BCUT2D eigenvalue weighted by Crippen LogP contribution is 2.33. The molecule has 26 heavy (non-hydrogen) atoms. The van der Waals surface area contributed by atoms with E-state index in [0.717, 1.165) is 12.4 Å². The Hall–Kier alpha value is -1.12. The molecule has 1 aromatic heterocycles. The number of rotatable bonds is 2. The van der Waals surface area contributed by atoms with Gasteiger partial charge in [0.05, 0.1) is 6.54 Å². The molecule has 1 aliphatic heterocycles. The van der Waals surface area contributed by atoms with E-state index in [4.69, 9.17) is 5.73 Å². The number of aromatic nitrogens is 2. The van der Waals surface area contributed by atoms with Crippen molar-refractivity contribution in [1.82, 2.24) is 9.97 Å². The van der Waals surface area contributed by atoms with Crippen molar-refractivity contribution in [2.45, 2.75) is 70.6 Å². The predicted octanol–water partition coefficient (Wildman–Crippen LogP) is 4.34. The highest BCUT2D eigenvalue weighted by Gasteiger charge is 2.28. The summed E-state index contributed by atoms with van der Waals surface area (Å²) in [6.07, 6.45) is 14.6. The van der Waals surface area contributed by atoms with E-state index in [1.54, 1.807) is 0 Å². The number of nitrogen functional groups attached to an aromatic ring is 1. The normalized spacial score (nSPS) is 20.7. The number of amides is 1. The van der Waals surface area contributed by atoms with E-state index >= 15 is 0 Å². The summed E-state index contributed by atoms with van der Waals surface area (Å²) in [6, 6.07) is 0. The van der Waals surface area contributed by atoms with Crippen LogP contribution in [0.15, 0.2) is 0 Å². The number of halogens is 1. The van der Waals surface area contributed by atoms with Gasteiger partial charge < -0.3 is 16.0 Å². The summed E-state index contributed by atoms with van der Waals surface area (Å²) in [6.45, 7) is 1.24. The van der Waals surface area contributed by atoms with Gasteiger partial charge in [0.25, 0.3) is 0 Å². The summed E-state index contributed by atoms with van der Waals surface area (Å²) in [4.78, 5) is 23.0. The Bertz CT molecular complexity index is 612. The molecule has 3 rings (SSSR count). The second-order valence-corrected chi connectivity index (χ2v) is 8.60. The van der Waals surface area contributed by atoms with Crippen molar-refractivity contribution >= 4 is 45.8 Å². The Morgan fingerprint density at radius 3 is 2.19 bits per heavy atom. The zero-order chi connectivity index (χ0) is 18.4. The number of hydrogen-bond donors (Lipinski definition) is 2. The van der Waals surface area contributed by atoms with E-state index in [1.807, 2.05) is 0 Å². The van der Waals surface area contributed by atoms with Crippen molar-refractivity contribution in [1.29, 1.82) is 0 Å². The van der Waals surface area contributed by atoms with Gasteiger partial charge in [-0.1, -0.05) is 57.8 Å². The highest BCUT2D eigenvalue weighted by molar-refractivity contribution is 14.1. The fourth-order valence-electron chi connectivity index (χ4n) is 4.11. The number of carbonyl (C=O) groups excluding carboxylic acids is 1. The molecule has 144 valence electrons. The van der Waals surface area contributed by atoms with Crippen LogP contribution in [-0.2, 0) is 4.79 Å². The van der Waals surface area contributed by atoms with Crippen molar-refractivity contribution in [2.75, 3.05) is 29.0 Å². The second-order valence-electron chi connectivity index (χ2n) is 7.63. The van der Waals surface area contributed by atoms with Crippen LogP contribution in [0.3, 0.4) is 0 Å². The first-order chi connectivity index (χ1) is 12.6. The van der Waals surface area contributed by atoms with E-state index in [0.29, 0.717) is 27.8 Å². The van der Waals surface area contributed by atoms with Crippen molar-refractivity contribution in [2.24, 2.45) is 5.92 Å². The highest BCUT2D eigenvalue weighted by atomic mass is 127. The van der Waals surface area contributed by atoms with Gasteiger partial charge in [0.1, 0.15) is 5.69 Å². The molecule has 1 aliphatic carbocycles.